The van der Waals surface area contributed by atoms with E-state index in [2.05, 4.69) is 21.8 Å². The topological polar surface area (TPSA) is 76.5 Å². The maximum Gasteiger partial charge on any atom is 0.227 e. The number of aryl methyl sites for hydroxylation is 1. The van der Waals surface area contributed by atoms with E-state index in [1.54, 1.807) is 12.0 Å². The van der Waals surface area contributed by atoms with E-state index < -0.39 is 5.92 Å². The number of carbonyl (C=O) groups excluding carboxylic acids is 2. The summed E-state index contributed by atoms with van der Waals surface area (Å²) < 4.78 is 7.45. The summed E-state index contributed by atoms with van der Waals surface area (Å²) in [7, 11) is 1.57. The van der Waals surface area contributed by atoms with Crippen LogP contribution in [0, 0.1) is 5.92 Å². The normalized spacial score (nSPS) is 16.4. The molecule has 1 unspecified atom stereocenters. The molecular weight excluding hydrogens is 368 g/mol. The zero-order chi connectivity index (χ0) is 20.4. The van der Waals surface area contributed by atoms with Gasteiger partial charge in [0.25, 0.3) is 0 Å². The monoisotopic (exact) mass is 392 g/mol. The van der Waals surface area contributed by atoms with Crippen molar-refractivity contribution >= 4 is 28.5 Å². The summed E-state index contributed by atoms with van der Waals surface area (Å²) in [5.74, 6) is 0.833. The van der Waals surface area contributed by atoms with E-state index in [0.717, 1.165) is 23.4 Å². The van der Waals surface area contributed by atoms with Crippen molar-refractivity contribution in [2.24, 2.45) is 5.92 Å². The lowest BCUT2D eigenvalue weighted by molar-refractivity contribution is -0.126. The number of carbonyl (C=O) groups is 2. The molecule has 0 radical (unpaired) electrons. The van der Waals surface area contributed by atoms with Gasteiger partial charge >= 0.3 is 0 Å². The summed E-state index contributed by atoms with van der Waals surface area (Å²) in [4.78, 5) is 31.5. The molecule has 1 aromatic heterocycles. The van der Waals surface area contributed by atoms with E-state index in [9.17, 15) is 9.59 Å². The molecule has 1 aliphatic rings. The molecule has 0 aliphatic carbocycles. The second-order valence-corrected chi connectivity index (χ2v) is 7.06. The van der Waals surface area contributed by atoms with Crippen LogP contribution in [0.1, 0.15) is 19.2 Å². The van der Waals surface area contributed by atoms with Crippen molar-refractivity contribution in [1.82, 2.24) is 14.9 Å². The number of fused-ring (bicyclic) bond motifs is 1. The van der Waals surface area contributed by atoms with E-state index in [4.69, 9.17) is 4.74 Å². The number of anilines is 1. The Morgan fingerprint density at radius 2 is 1.97 bits per heavy atom. The van der Waals surface area contributed by atoms with Crippen LogP contribution in [0.4, 0.5) is 5.69 Å². The number of methoxy groups -OCH3 is 1. The first-order chi connectivity index (χ1) is 14.1. The largest absolute Gasteiger partial charge is 0.495 e. The number of nitrogens with zero attached hydrogens (tertiary/aromatic N) is 3. The van der Waals surface area contributed by atoms with Crippen molar-refractivity contribution < 1.29 is 14.3 Å². The first kappa shape index (κ1) is 19.0. The molecule has 4 rings (SSSR count). The quantitative estimate of drug-likeness (QED) is 0.700. The number of hydrogen-bond acceptors (Lipinski definition) is 4. The lowest BCUT2D eigenvalue weighted by Gasteiger charge is -2.19. The van der Waals surface area contributed by atoms with Crippen LogP contribution in [0.15, 0.2) is 48.5 Å². The molecule has 1 saturated heterocycles. The van der Waals surface area contributed by atoms with Crippen LogP contribution < -0.4 is 15.0 Å². The number of imidazole rings is 1. The smallest absolute Gasteiger partial charge is 0.227 e. The number of hydrogen-bond donors (Lipinski definition) is 1. The molecule has 0 spiro atoms. The van der Waals surface area contributed by atoms with Gasteiger partial charge in [-0.2, -0.15) is 0 Å². The van der Waals surface area contributed by atoms with Crippen molar-refractivity contribution in [3.8, 4) is 5.75 Å². The molecule has 0 saturated carbocycles. The summed E-state index contributed by atoms with van der Waals surface area (Å²) in [6.07, 6.45) is 0.189. The fourth-order valence-corrected chi connectivity index (χ4v) is 3.89. The van der Waals surface area contributed by atoms with Crippen LogP contribution in [0.25, 0.3) is 11.0 Å². The molecular formula is C22H24N4O3. The van der Waals surface area contributed by atoms with Crippen molar-refractivity contribution in [1.29, 1.82) is 0 Å². The van der Waals surface area contributed by atoms with Crippen molar-refractivity contribution in [3.05, 3.63) is 54.4 Å². The van der Waals surface area contributed by atoms with Gasteiger partial charge in [0.15, 0.2) is 0 Å². The van der Waals surface area contributed by atoms with Crippen LogP contribution in [0.5, 0.6) is 5.75 Å². The van der Waals surface area contributed by atoms with Gasteiger partial charge in [0, 0.05) is 19.5 Å². The zero-order valence-electron chi connectivity index (χ0n) is 16.6. The summed E-state index contributed by atoms with van der Waals surface area (Å²) in [5.41, 5.74) is 2.66. The Balaban J connectivity index is 1.45. The minimum Gasteiger partial charge on any atom is -0.495 e. The van der Waals surface area contributed by atoms with Crippen LogP contribution in [0.2, 0.25) is 0 Å². The summed E-state index contributed by atoms with van der Waals surface area (Å²) in [6.45, 7) is 3.51. The molecule has 2 aromatic carbocycles. The number of nitrogens with one attached hydrogen (secondary N) is 1. The van der Waals surface area contributed by atoms with Gasteiger partial charge in [-0.1, -0.05) is 24.3 Å². The molecule has 0 bridgehead atoms. The van der Waals surface area contributed by atoms with Crippen LogP contribution >= 0.6 is 0 Å². The Bertz CT molecular complexity index is 1060. The van der Waals surface area contributed by atoms with Gasteiger partial charge in [0.2, 0.25) is 11.8 Å². The predicted octanol–water partition coefficient (Wildman–Crippen LogP) is 2.73. The van der Waals surface area contributed by atoms with Gasteiger partial charge < -0.3 is 19.5 Å². The maximum absolute atomic E-state index is 12.8. The van der Waals surface area contributed by atoms with Crippen LogP contribution in [0.3, 0.4) is 0 Å². The first-order valence-corrected chi connectivity index (χ1v) is 9.77. The van der Waals surface area contributed by atoms with Crippen molar-refractivity contribution in [3.63, 3.8) is 0 Å². The predicted molar refractivity (Wildman–Crippen MR) is 111 cm³/mol. The third-order valence-electron chi connectivity index (χ3n) is 5.34. The fraction of sp³-hybridized carbons (Fsp3) is 0.318. The van der Waals surface area contributed by atoms with E-state index in [-0.39, 0.29) is 18.2 Å². The number of aromatic nitrogens is 2. The van der Waals surface area contributed by atoms with Crippen molar-refractivity contribution in [2.75, 3.05) is 18.6 Å². The van der Waals surface area contributed by atoms with E-state index >= 15 is 0 Å². The highest BCUT2D eigenvalue weighted by atomic mass is 16.5. The van der Waals surface area contributed by atoms with Gasteiger partial charge in [0.1, 0.15) is 11.6 Å². The Morgan fingerprint density at radius 3 is 2.76 bits per heavy atom. The van der Waals surface area contributed by atoms with Crippen LogP contribution in [-0.4, -0.2) is 35.0 Å². The SMILES string of the molecule is CCn1c(CNC(=O)C2CC(=O)N(c3ccccc3OC)C2)nc2ccccc21. The molecule has 3 aromatic rings. The van der Waals surface area contributed by atoms with Gasteiger partial charge in [-0.05, 0) is 31.2 Å². The van der Waals surface area contributed by atoms with Gasteiger partial charge in [0.05, 0.1) is 36.3 Å². The highest BCUT2D eigenvalue weighted by Gasteiger charge is 2.36. The van der Waals surface area contributed by atoms with E-state index in [0.29, 0.717) is 24.5 Å². The fourth-order valence-electron chi connectivity index (χ4n) is 3.89. The standard InChI is InChI=1S/C22H24N4O3/c1-3-25-17-9-5-4-8-16(17)24-20(25)13-23-22(28)15-12-21(27)26(14-15)18-10-6-7-11-19(18)29-2/h4-11,15H,3,12-14H2,1-2H3,(H,23,28). The summed E-state index contributed by atoms with van der Waals surface area (Å²) >= 11 is 0. The molecule has 1 N–H and O–H groups in total. The zero-order valence-corrected chi connectivity index (χ0v) is 16.6. The number of ether oxygens (including phenoxy) is 1. The van der Waals surface area contributed by atoms with E-state index in [1.807, 2.05) is 48.5 Å². The minimum absolute atomic E-state index is 0.0737. The number of amides is 2. The highest BCUT2D eigenvalue weighted by molar-refractivity contribution is 6.01. The third-order valence-corrected chi connectivity index (χ3v) is 5.34. The molecule has 1 fully saturated rings. The van der Waals surface area contributed by atoms with Gasteiger partial charge in [-0.25, -0.2) is 4.98 Å². The summed E-state index contributed by atoms with van der Waals surface area (Å²) in [6, 6.07) is 15.3. The van der Waals surface area contributed by atoms with Gasteiger partial charge in [-0.3, -0.25) is 9.59 Å². The van der Waals surface area contributed by atoms with Crippen LogP contribution in [-0.2, 0) is 22.7 Å². The second kappa shape index (κ2) is 7.95. The number of para-hydroxylation sites is 4. The van der Waals surface area contributed by atoms with Gasteiger partial charge in [-0.15, -0.1) is 0 Å². The molecule has 7 nitrogen and oxygen atoms in total. The average Bonchev–Trinajstić information content (AvgIpc) is 3.31. The third kappa shape index (κ3) is 3.55. The Labute approximate surface area is 169 Å². The number of benzene rings is 2. The Kier molecular flexibility index (Phi) is 5.20. The lowest BCUT2D eigenvalue weighted by Crippen LogP contribution is -2.33. The average molecular weight is 392 g/mol. The van der Waals surface area contributed by atoms with Crippen molar-refractivity contribution in [2.45, 2.75) is 26.4 Å². The maximum atomic E-state index is 12.8. The second-order valence-electron chi connectivity index (χ2n) is 7.06. The lowest BCUT2D eigenvalue weighted by atomic mass is 10.1. The summed E-state index contributed by atoms with van der Waals surface area (Å²) in [5, 5.41) is 2.97. The molecule has 1 atom stereocenters. The molecule has 2 heterocycles. The molecule has 7 heteroatoms. The first-order valence-electron chi connectivity index (χ1n) is 9.77. The highest BCUT2D eigenvalue weighted by Crippen LogP contribution is 2.32. The Morgan fingerprint density at radius 1 is 1.21 bits per heavy atom. The molecule has 1 aliphatic heterocycles. The molecule has 150 valence electrons. The molecule has 2 amide bonds. The number of rotatable bonds is 6. The minimum atomic E-state index is -0.396. The Hall–Kier alpha value is -3.35. The molecule has 29 heavy (non-hydrogen) atoms. The van der Waals surface area contributed by atoms with E-state index in [1.165, 1.54) is 0 Å².